The maximum Gasteiger partial charge on any atom is 0.281 e. The van der Waals surface area contributed by atoms with E-state index < -0.39 is 11.4 Å². The molecule has 0 spiro atoms. The van der Waals surface area contributed by atoms with Gasteiger partial charge in [0.25, 0.3) is 5.97 Å². The van der Waals surface area contributed by atoms with Gasteiger partial charge in [-0.2, -0.15) is 0 Å². The third-order valence-corrected chi connectivity index (χ3v) is 4.12. The van der Waals surface area contributed by atoms with Crippen molar-refractivity contribution in [1.29, 1.82) is 0 Å². The molecule has 0 aliphatic rings. The standard InChI is InChI=1S/C8H18O3.C6H14N4O2/c1-4-7(5-2,6-3)8(9,10)11;7-9-5(11)3-1-2-4-6(12)10-8/h9-11H,4-6H2,1-3H3;1-4,7-8H2,(H,9,11)(H,10,12). The van der Waals surface area contributed by atoms with Crippen LogP contribution in [0.5, 0.6) is 0 Å². The van der Waals surface area contributed by atoms with Gasteiger partial charge in [-0.1, -0.05) is 20.8 Å². The van der Waals surface area contributed by atoms with Crippen LogP contribution >= 0.6 is 0 Å². The number of carbonyl (C=O) groups excluding carboxylic acids is 2. The van der Waals surface area contributed by atoms with Crippen LogP contribution in [0.4, 0.5) is 0 Å². The molecule has 0 bridgehead atoms. The van der Waals surface area contributed by atoms with Gasteiger partial charge in [0.1, 0.15) is 0 Å². The van der Waals surface area contributed by atoms with Gasteiger partial charge in [0.2, 0.25) is 11.8 Å². The lowest BCUT2D eigenvalue weighted by molar-refractivity contribution is -0.377. The van der Waals surface area contributed by atoms with E-state index in [1.165, 1.54) is 0 Å². The van der Waals surface area contributed by atoms with Crippen LogP contribution in [0.3, 0.4) is 0 Å². The van der Waals surface area contributed by atoms with Crippen LogP contribution < -0.4 is 22.5 Å². The molecule has 9 nitrogen and oxygen atoms in total. The van der Waals surface area contributed by atoms with Gasteiger partial charge < -0.3 is 15.3 Å². The summed E-state index contributed by atoms with van der Waals surface area (Å²) in [6, 6.07) is 0. The highest BCUT2D eigenvalue weighted by molar-refractivity contribution is 5.76. The summed E-state index contributed by atoms with van der Waals surface area (Å²) < 4.78 is 0. The largest absolute Gasteiger partial charge is 0.343 e. The molecule has 0 heterocycles. The van der Waals surface area contributed by atoms with Gasteiger partial charge in [0.05, 0.1) is 5.41 Å². The number of amides is 2. The zero-order valence-corrected chi connectivity index (χ0v) is 14.3. The van der Waals surface area contributed by atoms with Gasteiger partial charge >= 0.3 is 0 Å². The summed E-state index contributed by atoms with van der Waals surface area (Å²) in [6.45, 7) is 5.51. The van der Waals surface area contributed by atoms with E-state index in [0.29, 0.717) is 44.9 Å². The molecule has 138 valence electrons. The highest BCUT2D eigenvalue weighted by Gasteiger charge is 2.44. The molecule has 0 aromatic rings. The maximum atomic E-state index is 10.6. The van der Waals surface area contributed by atoms with Crippen molar-refractivity contribution in [2.75, 3.05) is 0 Å². The molecular formula is C14H32N4O5. The number of hydrogen-bond acceptors (Lipinski definition) is 7. The lowest BCUT2D eigenvalue weighted by Gasteiger charge is -2.37. The van der Waals surface area contributed by atoms with Gasteiger partial charge in [-0.05, 0) is 32.1 Å². The molecule has 0 fully saturated rings. The number of unbranched alkanes of at least 4 members (excludes halogenated alkanes) is 1. The van der Waals surface area contributed by atoms with Crippen molar-refractivity contribution in [3.8, 4) is 0 Å². The molecular weight excluding hydrogens is 304 g/mol. The van der Waals surface area contributed by atoms with Gasteiger partial charge in [0.15, 0.2) is 0 Å². The molecule has 0 aromatic heterocycles. The molecule has 2 amide bonds. The predicted octanol–water partition coefficient (Wildman–Crippen LogP) is -0.640. The van der Waals surface area contributed by atoms with Crippen molar-refractivity contribution >= 4 is 11.8 Å². The van der Waals surface area contributed by atoms with Crippen molar-refractivity contribution in [3.63, 3.8) is 0 Å². The quantitative estimate of drug-likeness (QED) is 0.0964. The summed E-state index contributed by atoms with van der Waals surface area (Å²) in [4.78, 5) is 21.1. The van der Waals surface area contributed by atoms with E-state index in [2.05, 4.69) is 0 Å². The molecule has 9 N–H and O–H groups in total. The fraction of sp³-hybridized carbons (Fsp3) is 0.857. The van der Waals surface area contributed by atoms with E-state index in [1.54, 1.807) is 0 Å². The van der Waals surface area contributed by atoms with Crippen molar-refractivity contribution in [2.24, 2.45) is 17.1 Å². The number of nitrogens with one attached hydrogen (secondary N) is 2. The Morgan fingerprint density at radius 3 is 1.26 bits per heavy atom. The third-order valence-electron chi connectivity index (χ3n) is 4.12. The molecule has 0 radical (unpaired) electrons. The highest BCUT2D eigenvalue weighted by atomic mass is 16.7. The molecule has 0 aliphatic heterocycles. The Kier molecular flexibility index (Phi) is 12.7. The molecule has 9 heteroatoms. The lowest BCUT2D eigenvalue weighted by atomic mass is 9.77. The van der Waals surface area contributed by atoms with Crippen molar-refractivity contribution < 1.29 is 24.9 Å². The first-order chi connectivity index (χ1) is 10.6. The Balaban J connectivity index is 0. The van der Waals surface area contributed by atoms with Crippen molar-refractivity contribution in [2.45, 2.75) is 71.7 Å². The van der Waals surface area contributed by atoms with Crippen molar-refractivity contribution in [3.05, 3.63) is 0 Å². The third kappa shape index (κ3) is 9.47. The maximum absolute atomic E-state index is 10.6. The second kappa shape index (κ2) is 12.2. The Hall–Kier alpha value is -1.26. The SMILES string of the molecule is CCC(CC)(CC)C(O)(O)O.NNC(=O)CCCCC(=O)NN. The molecule has 0 unspecified atom stereocenters. The zero-order chi connectivity index (χ0) is 18.5. The molecule has 23 heavy (non-hydrogen) atoms. The fourth-order valence-electron chi connectivity index (χ4n) is 2.18. The average Bonchev–Trinajstić information content (AvgIpc) is 2.52. The van der Waals surface area contributed by atoms with Gasteiger partial charge in [0, 0.05) is 12.8 Å². The minimum absolute atomic E-state index is 0.219. The number of nitrogens with two attached hydrogens (primary N) is 2. The number of hydrogen-bond donors (Lipinski definition) is 7. The monoisotopic (exact) mass is 336 g/mol. The topological polar surface area (TPSA) is 171 Å². The van der Waals surface area contributed by atoms with E-state index in [9.17, 15) is 9.59 Å². The number of aliphatic hydroxyl groups is 3. The van der Waals surface area contributed by atoms with Crippen LogP contribution in [0.15, 0.2) is 0 Å². The van der Waals surface area contributed by atoms with Crippen LogP contribution in [0.1, 0.15) is 65.7 Å². The Bertz CT molecular complexity index is 314. The van der Waals surface area contributed by atoms with E-state index in [1.807, 2.05) is 31.6 Å². The predicted molar refractivity (Wildman–Crippen MR) is 85.8 cm³/mol. The summed E-state index contributed by atoms with van der Waals surface area (Å²) in [5, 5.41) is 27.1. The first-order valence-electron chi connectivity index (χ1n) is 7.80. The Morgan fingerprint density at radius 2 is 1.13 bits per heavy atom. The van der Waals surface area contributed by atoms with E-state index >= 15 is 0 Å². The van der Waals surface area contributed by atoms with E-state index in [-0.39, 0.29) is 11.8 Å². The number of hydrazine groups is 2. The first-order valence-corrected chi connectivity index (χ1v) is 7.80. The summed E-state index contributed by atoms with van der Waals surface area (Å²) >= 11 is 0. The second-order valence-corrected chi connectivity index (χ2v) is 5.32. The molecule has 0 saturated carbocycles. The van der Waals surface area contributed by atoms with Gasteiger partial charge in [-0.3, -0.25) is 20.4 Å². The second-order valence-electron chi connectivity index (χ2n) is 5.32. The highest BCUT2D eigenvalue weighted by Crippen LogP contribution is 2.38. The smallest absolute Gasteiger partial charge is 0.281 e. The number of carbonyl (C=O) groups is 2. The minimum atomic E-state index is -2.54. The lowest BCUT2D eigenvalue weighted by Crippen LogP contribution is -2.47. The fourth-order valence-corrected chi connectivity index (χ4v) is 2.18. The Morgan fingerprint density at radius 1 is 0.826 bits per heavy atom. The minimum Gasteiger partial charge on any atom is -0.343 e. The van der Waals surface area contributed by atoms with Crippen LogP contribution in [0, 0.1) is 5.41 Å². The van der Waals surface area contributed by atoms with Crippen molar-refractivity contribution in [1.82, 2.24) is 10.9 Å². The molecule has 0 atom stereocenters. The summed E-state index contributed by atoms with van der Waals surface area (Å²) in [6.07, 6.45) is 3.63. The van der Waals surface area contributed by atoms with Gasteiger partial charge in [-0.15, -0.1) is 0 Å². The molecule has 0 aromatic carbocycles. The van der Waals surface area contributed by atoms with E-state index in [0.717, 1.165) is 0 Å². The molecule has 0 aliphatic carbocycles. The Labute approximate surface area is 137 Å². The first kappa shape index (κ1) is 24.0. The summed E-state index contributed by atoms with van der Waals surface area (Å²) in [7, 11) is 0. The van der Waals surface area contributed by atoms with Gasteiger partial charge in [-0.25, -0.2) is 11.7 Å². The van der Waals surface area contributed by atoms with Crippen LogP contribution in [0.25, 0.3) is 0 Å². The van der Waals surface area contributed by atoms with Crippen LogP contribution in [-0.2, 0) is 9.59 Å². The summed E-state index contributed by atoms with van der Waals surface area (Å²) in [5.41, 5.74) is 3.23. The molecule has 0 saturated heterocycles. The number of rotatable bonds is 9. The zero-order valence-electron chi connectivity index (χ0n) is 14.3. The van der Waals surface area contributed by atoms with E-state index in [4.69, 9.17) is 27.0 Å². The summed E-state index contributed by atoms with van der Waals surface area (Å²) in [5.74, 6) is 6.71. The molecule has 0 rings (SSSR count). The van der Waals surface area contributed by atoms with Crippen LogP contribution in [0.2, 0.25) is 0 Å². The average molecular weight is 336 g/mol. The normalized spacial score (nSPS) is 11.3. The van der Waals surface area contributed by atoms with Crippen LogP contribution in [-0.4, -0.2) is 33.1 Å².